The molecule has 106 valence electrons. The molecule has 3 rings (SSSR count). The number of rotatable bonds is 3. The Morgan fingerprint density at radius 1 is 1.10 bits per heavy atom. The molecular weight excluding hydrogens is 264 g/mol. The standard InChI is InChI=1S/C18H16O3/c1-3-11-9-13(15(19)4-2)18-14(10-11)17(20)12-7-5-6-8-16(12)21-18/h5-10H,3-4H2,1-2H3. The molecule has 0 spiro atoms. The van der Waals surface area contributed by atoms with Crippen molar-refractivity contribution in [1.82, 2.24) is 0 Å². The topological polar surface area (TPSA) is 47.3 Å². The van der Waals surface area contributed by atoms with Crippen LogP contribution in [0.15, 0.2) is 45.6 Å². The largest absolute Gasteiger partial charge is 0.455 e. The summed E-state index contributed by atoms with van der Waals surface area (Å²) in [4.78, 5) is 24.8. The zero-order valence-corrected chi connectivity index (χ0v) is 12.1. The third-order valence-corrected chi connectivity index (χ3v) is 3.77. The predicted molar refractivity (Wildman–Crippen MR) is 84.0 cm³/mol. The monoisotopic (exact) mass is 280 g/mol. The molecule has 0 saturated carbocycles. The number of carbonyl (C=O) groups is 1. The number of para-hydroxylation sites is 1. The first-order chi connectivity index (χ1) is 10.2. The first-order valence-corrected chi connectivity index (χ1v) is 7.17. The van der Waals surface area contributed by atoms with Crippen LogP contribution in [0.1, 0.15) is 36.2 Å². The molecular formula is C18H16O3. The van der Waals surface area contributed by atoms with Gasteiger partial charge in [0.25, 0.3) is 0 Å². The van der Waals surface area contributed by atoms with Gasteiger partial charge in [0.05, 0.1) is 16.3 Å². The van der Waals surface area contributed by atoms with Crippen molar-refractivity contribution in [3.8, 4) is 0 Å². The molecule has 0 saturated heterocycles. The van der Waals surface area contributed by atoms with Crippen LogP contribution in [0.25, 0.3) is 21.9 Å². The maximum Gasteiger partial charge on any atom is 0.200 e. The minimum atomic E-state index is -0.0766. The van der Waals surface area contributed by atoms with Gasteiger partial charge < -0.3 is 4.42 Å². The van der Waals surface area contributed by atoms with Crippen molar-refractivity contribution < 1.29 is 9.21 Å². The van der Waals surface area contributed by atoms with Gasteiger partial charge in [-0.25, -0.2) is 0 Å². The van der Waals surface area contributed by atoms with Gasteiger partial charge in [-0.2, -0.15) is 0 Å². The zero-order chi connectivity index (χ0) is 15.0. The summed E-state index contributed by atoms with van der Waals surface area (Å²) in [5.41, 5.74) is 2.33. The van der Waals surface area contributed by atoms with Crippen LogP contribution in [0.2, 0.25) is 0 Å². The summed E-state index contributed by atoms with van der Waals surface area (Å²) in [5, 5.41) is 1.04. The van der Waals surface area contributed by atoms with E-state index >= 15 is 0 Å². The van der Waals surface area contributed by atoms with Crippen molar-refractivity contribution in [2.24, 2.45) is 0 Å². The van der Waals surface area contributed by atoms with E-state index < -0.39 is 0 Å². The van der Waals surface area contributed by atoms with Crippen LogP contribution in [0.4, 0.5) is 0 Å². The molecule has 3 heteroatoms. The van der Waals surface area contributed by atoms with Crippen LogP contribution < -0.4 is 5.43 Å². The molecule has 1 aromatic heterocycles. The SMILES string of the molecule is CCC(=O)c1cc(CC)cc2c(=O)c3ccccc3oc12. The molecule has 0 aliphatic heterocycles. The van der Waals surface area contributed by atoms with E-state index in [1.54, 1.807) is 12.1 Å². The summed E-state index contributed by atoms with van der Waals surface area (Å²) >= 11 is 0. The summed E-state index contributed by atoms with van der Waals surface area (Å²) in [7, 11) is 0. The van der Waals surface area contributed by atoms with E-state index in [0.717, 1.165) is 12.0 Å². The van der Waals surface area contributed by atoms with Crippen molar-refractivity contribution >= 4 is 27.7 Å². The van der Waals surface area contributed by atoms with E-state index in [4.69, 9.17) is 4.42 Å². The zero-order valence-electron chi connectivity index (χ0n) is 12.1. The van der Waals surface area contributed by atoms with Gasteiger partial charge in [0.15, 0.2) is 5.78 Å². The van der Waals surface area contributed by atoms with Gasteiger partial charge in [0.2, 0.25) is 5.43 Å². The van der Waals surface area contributed by atoms with E-state index in [2.05, 4.69) is 0 Å². The van der Waals surface area contributed by atoms with E-state index in [9.17, 15) is 9.59 Å². The van der Waals surface area contributed by atoms with Gasteiger partial charge in [0, 0.05) is 6.42 Å². The molecule has 3 aromatic rings. The van der Waals surface area contributed by atoms with Gasteiger partial charge in [-0.05, 0) is 36.2 Å². The lowest BCUT2D eigenvalue weighted by atomic mass is 9.99. The molecule has 0 unspecified atom stereocenters. The van der Waals surface area contributed by atoms with Crippen LogP contribution in [-0.4, -0.2) is 5.78 Å². The number of Topliss-reactive ketones (excluding diaryl/α,β-unsaturated/α-hetero) is 1. The summed E-state index contributed by atoms with van der Waals surface area (Å²) < 4.78 is 5.86. The first kappa shape index (κ1) is 13.6. The molecule has 0 aliphatic rings. The van der Waals surface area contributed by atoms with Crippen molar-refractivity contribution in [3.05, 3.63) is 57.7 Å². The van der Waals surface area contributed by atoms with Crippen molar-refractivity contribution in [2.45, 2.75) is 26.7 Å². The van der Waals surface area contributed by atoms with Gasteiger partial charge in [-0.3, -0.25) is 9.59 Å². The Hall–Kier alpha value is -2.42. The highest BCUT2D eigenvalue weighted by Crippen LogP contribution is 2.24. The summed E-state index contributed by atoms with van der Waals surface area (Å²) in [5.74, 6) is -0.00580. The normalized spacial score (nSPS) is 11.1. The Bertz CT molecular complexity index is 903. The van der Waals surface area contributed by atoms with E-state index in [-0.39, 0.29) is 11.2 Å². The number of aryl methyl sites for hydroxylation is 1. The van der Waals surface area contributed by atoms with Crippen molar-refractivity contribution in [3.63, 3.8) is 0 Å². The maximum atomic E-state index is 12.6. The highest BCUT2D eigenvalue weighted by atomic mass is 16.3. The Kier molecular flexibility index (Phi) is 3.34. The van der Waals surface area contributed by atoms with Crippen molar-refractivity contribution in [2.75, 3.05) is 0 Å². The molecule has 0 radical (unpaired) electrons. The molecule has 0 N–H and O–H groups in total. The third kappa shape index (κ3) is 2.15. The Balaban J connectivity index is 2.52. The third-order valence-electron chi connectivity index (χ3n) is 3.77. The minimum Gasteiger partial charge on any atom is -0.455 e. The summed E-state index contributed by atoms with van der Waals surface area (Å²) in [6.45, 7) is 3.82. The quantitative estimate of drug-likeness (QED) is 0.536. The Morgan fingerprint density at radius 2 is 1.86 bits per heavy atom. The fourth-order valence-electron chi connectivity index (χ4n) is 2.57. The number of hydrogen-bond acceptors (Lipinski definition) is 3. The second kappa shape index (κ2) is 5.17. The predicted octanol–water partition coefficient (Wildman–Crippen LogP) is 4.10. The van der Waals surface area contributed by atoms with Gasteiger partial charge >= 0.3 is 0 Å². The van der Waals surface area contributed by atoms with E-state index in [1.807, 2.05) is 38.1 Å². The number of fused-ring (bicyclic) bond motifs is 2. The molecule has 0 bridgehead atoms. The highest BCUT2D eigenvalue weighted by Gasteiger charge is 2.16. The molecule has 1 heterocycles. The average Bonchev–Trinajstić information content (AvgIpc) is 2.53. The maximum absolute atomic E-state index is 12.6. The second-order valence-electron chi connectivity index (χ2n) is 5.08. The summed E-state index contributed by atoms with van der Waals surface area (Å²) in [6.07, 6.45) is 1.16. The Labute approximate surface area is 122 Å². The fraction of sp³-hybridized carbons (Fsp3) is 0.222. The lowest BCUT2D eigenvalue weighted by Gasteiger charge is -2.08. The van der Waals surface area contributed by atoms with Crippen LogP contribution in [-0.2, 0) is 6.42 Å². The Morgan fingerprint density at radius 3 is 2.57 bits per heavy atom. The first-order valence-electron chi connectivity index (χ1n) is 7.17. The average molecular weight is 280 g/mol. The number of hydrogen-bond donors (Lipinski definition) is 0. The molecule has 0 amide bonds. The smallest absolute Gasteiger partial charge is 0.200 e. The molecule has 21 heavy (non-hydrogen) atoms. The second-order valence-corrected chi connectivity index (χ2v) is 5.08. The molecule has 3 nitrogen and oxygen atoms in total. The molecule has 0 fully saturated rings. The molecule has 0 atom stereocenters. The lowest BCUT2D eigenvalue weighted by molar-refractivity contribution is 0.0989. The molecule has 2 aromatic carbocycles. The molecule has 0 aliphatic carbocycles. The van der Waals surface area contributed by atoms with Gasteiger partial charge in [0.1, 0.15) is 11.2 Å². The van der Waals surface area contributed by atoms with Crippen molar-refractivity contribution in [1.29, 1.82) is 0 Å². The van der Waals surface area contributed by atoms with E-state index in [1.165, 1.54) is 0 Å². The van der Waals surface area contributed by atoms with Crippen LogP contribution >= 0.6 is 0 Å². The number of benzene rings is 2. The van der Waals surface area contributed by atoms with E-state index in [0.29, 0.717) is 33.9 Å². The summed E-state index contributed by atoms with van der Waals surface area (Å²) in [6, 6.07) is 10.8. The fourth-order valence-corrected chi connectivity index (χ4v) is 2.57. The van der Waals surface area contributed by atoms with Crippen LogP contribution in [0.5, 0.6) is 0 Å². The van der Waals surface area contributed by atoms with Gasteiger partial charge in [-0.1, -0.05) is 26.0 Å². The lowest BCUT2D eigenvalue weighted by Crippen LogP contribution is -2.07. The number of carbonyl (C=O) groups excluding carboxylic acids is 1. The minimum absolute atomic E-state index is 0.00580. The van der Waals surface area contributed by atoms with Crippen LogP contribution in [0, 0.1) is 0 Å². The van der Waals surface area contributed by atoms with Crippen LogP contribution in [0.3, 0.4) is 0 Å². The van der Waals surface area contributed by atoms with Gasteiger partial charge in [-0.15, -0.1) is 0 Å². The number of ketones is 1. The highest BCUT2D eigenvalue weighted by molar-refractivity contribution is 6.07.